The molecule has 3 unspecified atom stereocenters. The molecule has 1 amide bonds. The number of rotatable bonds is 7. The summed E-state index contributed by atoms with van der Waals surface area (Å²) in [6, 6.07) is 6.49. The second kappa shape index (κ2) is 13.5. The van der Waals surface area contributed by atoms with Gasteiger partial charge >= 0.3 is 12.1 Å². The number of aromatic nitrogens is 2. The number of halogens is 3. The van der Waals surface area contributed by atoms with Crippen molar-refractivity contribution < 1.29 is 41.7 Å². The number of hydrogen-bond donors (Lipinski definition) is 0. The standard InChI is InChI=1S/C43H48F3N5O6/c1-42(2,3)57-41(52)51-26-11-12-30(51)31-20-54-38-34-37(47-40(48-39(34)50(31)19-26)55-21-43-13-6-14-49(43)18-25(44)17-43)35(45)33(36(38)46)29-16-27(56-22-53-4)15-24-10-9-23-7-5-8-28(23)32(24)29/h9-10,15-16,25-26,30-31H,5-8,11-14,17-22H2,1-4H3/t25-,26?,30?,31?,43+/m1/s1. The SMILES string of the molecule is COCOc1cc(-c2c(F)c3c4c(nc(OC[C@@]56CCCN5C[C@H](F)C6)nc4c2F)N2CC4CCC(C2CO3)N4C(=O)OC(C)(C)C)c2c3c(ccc2c1)CCC3. The van der Waals surface area contributed by atoms with E-state index in [-0.39, 0.29) is 66.1 Å². The van der Waals surface area contributed by atoms with Crippen LogP contribution in [0.1, 0.15) is 70.4 Å². The predicted molar refractivity (Wildman–Crippen MR) is 207 cm³/mol. The third-order valence-corrected chi connectivity index (χ3v) is 13.0. The summed E-state index contributed by atoms with van der Waals surface area (Å²) < 4.78 is 80.0. The van der Waals surface area contributed by atoms with Gasteiger partial charge in [-0.05, 0) is 112 Å². The lowest BCUT2D eigenvalue weighted by atomic mass is 9.91. The van der Waals surface area contributed by atoms with Crippen LogP contribution in [0.15, 0.2) is 24.3 Å². The average molecular weight is 788 g/mol. The van der Waals surface area contributed by atoms with Crippen molar-refractivity contribution in [1.82, 2.24) is 19.8 Å². The minimum atomic E-state index is -0.962. The molecule has 1 aliphatic carbocycles. The number of carbonyl (C=O) groups is 1. The number of amides is 1. The monoisotopic (exact) mass is 787 g/mol. The summed E-state index contributed by atoms with van der Waals surface area (Å²) in [5.41, 5.74) is 0.910. The molecule has 5 aliphatic heterocycles. The highest BCUT2D eigenvalue weighted by Gasteiger charge is 2.53. The molecule has 0 N–H and O–H groups in total. The minimum Gasteiger partial charge on any atom is -0.487 e. The van der Waals surface area contributed by atoms with E-state index in [4.69, 9.17) is 33.7 Å². The van der Waals surface area contributed by atoms with Crippen LogP contribution in [-0.4, -0.2) is 108 Å². The Hall–Kier alpha value is -4.56. The maximum absolute atomic E-state index is 17.8. The fourth-order valence-corrected chi connectivity index (χ4v) is 10.7. The van der Waals surface area contributed by atoms with Crippen LogP contribution in [0.4, 0.5) is 23.8 Å². The van der Waals surface area contributed by atoms with Crippen molar-refractivity contribution in [2.45, 2.75) is 108 Å². The third-order valence-electron chi connectivity index (χ3n) is 13.0. The van der Waals surface area contributed by atoms with Crippen LogP contribution in [0, 0.1) is 11.6 Å². The fraction of sp³-hybridized carbons (Fsp3) is 0.558. The lowest BCUT2D eigenvalue weighted by molar-refractivity contribution is 0.00537. The Balaban J connectivity index is 1.15. The molecule has 4 fully saturated rings. The van der Waals surface area contributed by atoms with Gasteiger partial charge in [0.25, 0.3) is 0 Å². The van der Waals surface area contributed by atoms with Crippen molar-refractivity contribution in [3.05, 3.63) is 47.0 Å². The highest BCUT2D eigenvalue weighted by atomic mass is 19.1. The molecule has 57 heavy (non-hydrogen) atoms. The van der Waals surface area contributed by atoms with Gasteiger partial charge < -0.3 is 28.6 Å². The highest BCUT2D eigenvalue weighted by Crippen LogP contribution is 2.50. The number of anilines is 1. The number of benzene rings is 3. The van der Waals surface area contributed by atoms with Gasteiger partial charge in [0.05, 0.1) is 34.6 Å². The maximum atomic E-state index is 17.8. The minimum absolute atomic E-state index is 0.00340. The second-order valence-electron chi connectivity index (χ2n) is 17.6. The summed E-state index contributed by atoms with van der Waals surface area (Å²) in [5, 5.41) is 1.65. The zero-order valence-electron chi connectivity index (χ0n) is 32.8. The van der Waals surface area contributed by atoms with Crippen LogP contribution >= 0.6 is 0 Å². The van der Waals surface area contributed by atoms with Gasteiger partial charge in [0.15, 0.2) is 24.2 Å². The third kappa shape index (κ3) is 5.94. The van der Waals surface area contributed by atoms with Crippen molar-refractivity contribution in [2.24, 2.45) is 0 Å². The smallest absolute Gasteiger partial charge is 0.410 e. The summed E-state index contributed by atoms with van der Waals surface area (Å²) >= 11 is 0. The number of aryl methyl sites for hydroxylation is 2. The van der Waals surface area contributed by atoms with Crippen LogP contribution in [0.5, 0.6) is 17.5 Å². The molecule has 6 heterocycles. The van der Waals surface area contributed by atoms with Crippen molar-refractivity contribution in [2.75, 3.05) is 51.7 Å². The number of fused-ring (bicyclic) bond motifs is 9. The first-order valence-electron chi connectivity index (χ1n) is 20.3. The summed E-state index contributed by atoms with van der Waals surface area (Å²) in [4.78, 5) is 29.2. The first-order chi connectivity index (χ1) is 27.4. The first-order valence-corrected chi connectivity index (χ1v) is 20.3. The largest absolute Gasteiger partial charge is 0.487 e. The Labute approximate surface area is 329 Å². The van der Waals surface area contributed by atoms with E-state index in [0.717, 1.165) is 67.0 Å². The molecular formula is C43H48F3N5O6. The lowest BCUT2D eigenvalue weighted by Crippen LogP contribution is -2.63. The number of alkyl halides is 1. The molecule has 2 bridgehead atoms. The van der Waals surface area contributed by atoms with Crippen molar-refractivity contribution in [3.8, 4) is 28.6 Å². The Morgan fingerprint density at radius 1 is 1.02 bits per heavy atom. The summed E-state index contributed by atoms with van der Waals surface area (Å²) in [5.74, 6) is -1.21. The molecule has 302 valence electrons. The normalized spacial score (nSPS) is 26.4. The summed E-state index contributed by atoms with van der Waals surface area (Å²) in [6.45, 7) is 7.07. The molecule has 4 aromatic rings. The second-order valence-corrected chi connectivity index (χ2v) is 17.6. The van der Waals surface area contributed by atoms with E-state index in [9.17, 15) is 9.18 Å². The molecule has 14 heteroatoms. The van der Waals surface area contributed by atoms with Gasteiger partial charge in [-0.25, -0.2) is 18.0 Å². The summed E-state index contributed by atoms with van der Waals surface area (Å²) in [6.07, 6.45) is 4.65. The van der Waals surface area contributed by atoms with Crippen LogP contribution < -0.4 is 19.1 Å². The van der Waals surface area contributed by atoms with Gasteiger partial charge in [0.1, 0.15) is 42.1 Å². The van der Waals surface area contributed by atoms with E-state index in [1.54, 1.807) is 11.0 Å². The molecular weight excluding hydrogens is 739 g/mol. The van der Waals surface area contributed by atoms with Crippen LogP contribution in [0.2, 0.25) is 0 Å². The molecule has 3 aromatic carbocycles. The fourth-order valence-electron chi connectivity index (χ4n) is 10.7. The highest BCUT2D eigenvalue weighted by molar-refractivity contribution is 6.06. The molecule has 1 aromatic heterocycles. The molecule has 4 saturated heterocycles. The number of hydrogen-bond acceptors (Lipinski definition) is 10. The van der Waals surface area contributed by atoms with Crippen LogP contribution in [0.25, 0.3) is 32.8 Å². The van der Waals surface area contributed by atoms with E-state index in [0.29, 0.717) is 37.2 Å². The lowest BCUT2D eigenvalue weighted by Gasteiger charge is -2.46. The predicted octanol–water partition coefficient (Wildman–Crippen LogP) is 7.50. The Bertz CT molecular complexity index is 2300. The van der Waals surface area contributed by atoms with Gasteiger partial charge in [0, 0.05) is 26.6 Å². The van der Waals surface area contributed by atoms with Crippen LogP contribution in [-0.2, 0) is 22.3 Å². The van der Waals surface area contributed by atoms with Crippen molar-refractivity contribution in [1.29, 1.82) is 0 Å². The van der Waals surface area contributed by atoms with E-state index in [1.165, 1.54) is 7.11 Å². The van der Waals surface area contributed by atoms with Gasteiger partial charge in [-0.2, -0.15) is 9.97 Å². The first kappa shape index (κ1) is 36.8. The maximum Gasteiger partial charge on any atom is 0.410 e. The van der Waals surface area contributed by atoms with Crippen LogP contribution in [0.3, 0.4) is 0 Å². The van der Waals surface area contributed by atoms with Crippen molar-refractivity contribution >= 4 is 33.6 Å². The van der Waals surface area contributed by atoms with Gasteiger partial charge in [0.2, 0.25) is 0 Å². The number of ether oxygens (including phenoxy) is 5. The van der Waals surface area contributed by atoms with E-state index in [1.807, 2.05) is 37.8 Å². The van der Waals surface area contributed by atoms with Gasteiger partial charge in [-0.15, -0.1) is 0 Å². The average Bonchev–Trinajstić information content (AvgIpc) is 3.92. The number of carbonyl (C=O) groups excluding carboxylic acids is 1. The zero-order chi connectivity index (χ0) is 39.4. The molecule has 5 atom stereocenters. The number of methoxy groups -OCH3 is 1. The van der Waals surface area contributed by atoms with Gasteiger partial charge in [-0.1, -0.05) is 12.1 Å². The Morgan fingerprint density at radius 3 is 2.70 bits per heavy atom. The summed E-state index contributed by atoms with van der Waals surface area (Å²) in [7, 11) is 1.51. The molecule has 10 rings (SSSR count). The Kier molecular flexibility index (Phi) is 8.71. The topological polar surface area (TPSA) is 98.7 Å². The number of nitrogens with zero attached hydrogens (tertiary/aromatic N) is 5. The Morgan fingerprint density at radius 2 is 1.88 bits per heavy atom. The van der Waals surface area contributed by atoms with E-state index in [2.05, 4.69) is 11.0 Å². The van der Waals surface area contributed by atoms with E-state index >= 15 is 8.78 Å². The zero-order valence-corrected chi connectivity index (χ0v) is 32.8. The van der Waals surface area contributed by atoms with Crippen molar-refractivity contribution in [3.63, 3.8) is 0 Å². The molecule has 0 radical (unpaired) electrons. The van der Waals surface area contributed by atoms with Gasteiger partial charge in [-0.3, -0.25) is 9.80 Å². The quantitative estimate of drug-likeness (QED) is 0.175. The number of piperazine rings is 1. The molecule has 6 aliphatic rings. The molecule has 0 spiro atoms. The molecule has 0 saturated carbocycles. The molecule has 11 nitrogen and oxygen atoms in total. The van der Waals surface area contributed by atoms with E-state index < -0.39 is 41.1 Å².